The Labute approximate surface area is 102 Å². The van der Waals surface area contributed by atoms with Gasteiger partial charge in [0.25, 0.3) is 0 Å². The van der Waals surface area contributed by atoms with Crippen molar-refractivity contribution in [3.05, 3.63) is 0 Å². The number of hydrogen-bond acceptors (Lipinski definition) is 4. The van der Waals surface area contributed by atoms with Gasteiger partial charge >= 0.3 is 5.97 Å². The van der Waals surface area contributed by atoms with E-state index in [0.717, 1.165) is 0 Å². The minimum atomic E-state index is -1.08. The van der Waals surface area contributed by atoms with Crippen molar-refractivity contribution in [2.24, 2.45) is 5.92 Å². The Balaban J connectivity index is 2.67. The maximum atomic E-state index is 11.6. The van der Waals surface area contributed by atoms with E-state index < -0.39 is 22.8 Å². The molecule has 0 spiro atoms. The van der Waals surface area contributed by atoms with Gasteiger partial charge < -0.3 is 15.1 Å². The lowest BCUT2D eigenvalue weighted by Gasteiger charge is -2.24. The van der Waals surface area contributed by atoms with E-state index in [-0.39, 0.29) is 43.6 Å². The van der Waals surface area contributed by atoms with Crippen molar-refractivity contribution in [3.8, 4) is 0 Å². The predicted octanol–water partition coefficient (Wildman–Crippen LogP) is -0.951. The molecule has 2 unspecified atom stereocenters. The number of nitrogens with zero attached hydrogens (tertiary/aromatic N) is 1. The normalized spacial score (nSPS) is 23.8. The smallest absolute Gasteiger partial charge is 0.326 e. The van der Waals surface area contributed by atoms with Crippen LogP contribution in [0.4, 0.5) is 0 Å². The van der Waals surface area contributed by atoms with E-state index in [0.29, 0.717) is 0 Å². The van der Waals surface area contributed by atoms with Crippen LogP contribution in [0.2, 0.25) is 0 Å². The first-order valence-electron chi connectivity index (χ1n) is 5.38. The molecule has 6 nitrogen and oxygen atoms in total. The van der Waals surface area contributed by atoms with Crippen LogP contribution in [0.15, 0.2) is 0 Å². The monoisotopic (exact) mass is 263 g/mol. The van der Waals surface area contributed by atoms with Gasteiger partial charge in [-0.15, -0.1) is 0 Å². The van der Waals surface area contributed by atoms with E-state index in [1.54, 1.807) is 0 Å². The van der Waals surface area contributed by atoms with Crippen LogP contribution in [-0.4, -0.2) is 62.4 Å². The first-order valence-corrected chi connectivity index (χ1v) is 7.11. The lowest BCUT2D eigenvalue weighted by Crippen LogP contribution is -2.43. The summed E-state index contributed by atoms with van der Waals surface area (Å²) in [5.74, 6) is -1.26. The number of likely N-dealkylation sites (tertiary alicyclic amines) is 1. The Kier molecular flexibility index (Phi) is 5.07. The lowest BCUT2D eigenvalue weighted by atomic mass is 10.1. The van der Waals surface area contributed by atoms with Crippen LogP contribution < -0.4 is 0 Å². The van der Waals surface area contributed by atoms with Crippen LogP contribution in [-0.2, 0) is 20.4 Å². The number of aliphatic hydroxyl groups excluding tert-OH is 1. The number of aliphatic carboxylic acids is 1. The Morgan fingerprint density at radius 2 is 2.29 bits per heavy atom. The molecule has 1 heterocycles. The first kappa shape index (κ1) is 14.1. The van der Waals surface area contributed by atoms with Crippen LogP contribution in [0.25, 0.3) is 0 Å². The molecular formula is C10H17NO5S. The predicted molar refractivity (Wildman–Crippen MR) is 61.9 cm³/mol. The molecule has 0 aromatic heterocycles. The molecule has 1 fully saturated rings. The van der Waals surface area contributed by atoms with E-state index in [9.17, 15) is 13.8 Å². The minimum Gasteiger partial charge on any atom is -0.480 e. The lowest BCUT2D eigenvalue weighted by molar-refractivity contribution is -0.148. The van der Waals surface area contributed by atoms with Gasteiger partial charge in [0.1, 0.15) is 6.04 Å². The number of carbonyl (C=O) groups is 2. The van der Waals surface area contributed by atoms with Gasteiger partial charge in [-0.1, -0.05) is 0 Å². The van der Waals surface area contributed by atoms with Crippen molar-refractivity contribution in [3.63, 3.8) is 0 Å². The third-order valence-corrected chi connectivity index (χ3v) is 3.65. The molecule has 98 valence electrons. The molecule has 1 aliphatic heterocycles. The highest BCUT2D eigenvalue weighted by atomic mass is 32.2. The van der Waals surface area contributed by atoms with Crippen molar-refractivity contribution in [1.29, 1.82) is 0 Å². The number of carboxylic acids is 1. The Morgan fingerprint density at radius 1 is 1.65 bits per heavy atom. The standard InChI is InChI=1S/C10H17NO5S/c1-17(16)3-2-8(10(14)15)11-5-7(6-12)4-9(11)13/h7-8,12H,2-6H2,1H3,(H,14,15)/t7?,8-,17?/m0/s1. The van der Waals surface area contributed by atoms with E-state index in [1.165, 1.54) is 11.2 Å². The molecule has 0 bridgehead atoms. The summed E-state index contributed by atoms with van der Waals surface area (Å²) in [6, 6.07) is -0.928. The number of amides is 1. The van der Waals surface area contributed by atoms with Gasteiger partial charge in [-0.25, -0.2) is 4.79 Å². The summed E-state index contributed by atoms with van der Waals surface area (Å²) < 4.78 is 11.0. The second kappa shape index (κ2) is 6.11. The van der Waals surface area contributed by atoms with Crippen molar-refractivity contribution in [1.82, 2.24) is 4.90 Å². The number of carboxylic acid groups (broad SMARTS) is 1. The summed E-state index contributed by atoms with van der Waals surface area (Å²) in [5, 5.41) is 18.0. The summed E-state index contributed by atoms with van der Waals surface area (Å²) in [7, 11) is -1.08. The summed E-state index contributed by atoms with van der Waals surface area (Å²) in [5.41, 5.74) is 0. The fourth-order valence-electron chi connectivity index (χ4n) is 1.92. The van der Waals surface area contributed by atoms with Gasteiger partial charge in [0.2, 0.25) is 5.91 Å². The van der Waals surface area contributed by atoms with Crippen molar-refractivity contribution < 1.29 is 24.0 Å². The Hall–Kier alpha value is -0.950. The minimum absolute atomic E-state index is 0.117. The highest BCUT2D eigenvalue weighted by molar-refractivity contribution is 7.84. The fraction of sp³-hybridized carbons (Fsp3) is 0.800. The molecule has 0 aromatic rings. The van der Waals surface area contributed by atoms with Crippen LogP contribution in [0, 0.1) is 5.92 Å². The van der Waals surface area contributed by atoms with Crippen LogP contribution in [0.3, 0.4) is 0 Å². The average Bonchev–Trinajstić information content (AvgIpc) is 2.59. The van der Waals surface area contributed by atoms with Gasteiger partial charge in [-0.2, -0.15) is 0 Å². The molecule has 7 heteroatoms. The van der Waals surface area contributed by atoms with Crippen molar-refractivity contribution >= 4 is 22.7 Å². The first-order chi connectivity index (χ1) is 7.95. The second-order valence-corrected chi connectivity index (χ2v) is 5.77. The quantitative estimate of drug-likeness (QED) is 0.644. The molecule has 17 heavy (non-hydrogen) atoms. The van der Waals surface area contributed by atoms with E-state index >= 15 is 0 Å². The zero-order valence-electron chi connectivity index (χ0n) is 9.66. The van der Waals surface area contributed by atoms with Gasteiger partial charge in [-0.3, -0.25) is 9.00 Å². The average molecular weight is 263 g/mol. The fourth-order valence-corrected chi connectivity index (χ4v) is 2.48. The van der Waals surface area contributed by atoms with Crippen LogP contribution >= 0.6 is 0 Å². The number of rotatable bonds is 6. The summed E-state index contributed by atoms with van der Waals surface area (Å²) in [4.78, 5) is 24.0. The topological polar surface area (TPSA) is 94.9 Å². The van der Waals surface area contributed by atoms with Gasteiger partial charge in [-0.05, 0) is 6.42 Å². The van der Waals surface area contributed by atoms with Crippen LogP contribution in [0.5, 0.6) is 0 Å². The highest BCUT2D eigenvalue weighted by Crippen LogP contribution is 2.21. The Bertz CT molecular complexity index is 333. The van der Waals surface area contributed by atoms with Crippen molar-refractivity contribution in [2.75, 3.05) is 25.2 Å². The number of aliphatic hydroxyl groups is 1. The van der Waals surface area contributed by atoms with Crippen molar-refractivity contribution in [2.45, 2.75) is 18.9 Å². The summed E-state index contributed by atoms with van der Waals surface area (Å²) in [6.45, 7) is 0.150. The molecule has 1 amide bonds. The SMILES string of the molecule is CS(=O)CC[C@@H](C(=O)O)N1CC(CO)CC1=O. The molecule has 1 aliphatic rings. The number of hydrogen-bond donors (Lipinski definition) is 2. The van der Waals surface area contributed by atoms with E-state index in [1.807, 2.05) is 0 Å². The molecule has 0 radical (unpaired) electrons. The number of carbonyl (C=O) groups excluding carboxylic acids is 1. The van der Waals surface area contributed by atoms with Gasteiger partial charge in [0.15, 0.2) is 0 Å². The van der Waals surface area contributed by atoms with Crippen LogP contribution in [0.1, 0.15) is 12.8 Å². The largest absolute Gasteiger partial charge is 0.480 e. The zero-order valence-corrected chi connectivity index (χ0v) is 10.5. The third-order valence-electron chi connectivity index (χ3n) is 2.84. The van der Waals surface area contributed by atoms with E-state index in [4.69, 9.17) is 10.2 Å². The molecule has 2 N–H and O–H groups in total. The Morgan fingerprint density at radius 3 is 2.71 bits per heavy atom. The summed E-state index contributed by atoms with van der Waals surface area (Å²) >= 11 is 0. The summed E-state index contributed by atoms with van der Waals surface area (Å²) in [6.07, 6.45) is 1.87. The maximum absolute atomic E-state index is 11.6. The molecular weight excluding hydrogens is 246 g/mol. The highest BCUT2D eigenvalue weighted by Gasteiger charge is 2.37. The van der Waals surface area contributed by atoms with Gasteiger partial charge in [0.05, 0.1) is 0 Å². The molecule has 0 saturated carbocycles. The van der Waals surface area contributed by atoms with E-state index in [2.05, 4.69) is 0 Å². The molecule has 1 saturated heterocycles. The molecule has 0 aliphatic carbocycles. The molecule has 1 rings (SSSR count). The van der Waals surface area contributed by atoms with Gasteiger partial charge in [0, 0.05) is 48.3 Å². The second-order valence-electron chi connectivity index (χ2n) is 4.22. The maximum Gasteiger partial charge on any atom is 0.326 e. The molecule has 0 aromatic carbocycles. The third kappa shape index (κ3) is 3.78. The molecule has 3 atom stereocenters. The zero-order chi connectivity index (χ0) is 13.0.